The zero-order valence-corrected chi connectivity index (χ0v) is 16.6. The quantitative estimate of drug-likeness (QED) is 0.280. The second-order valence-electron chi connectivity index (χ2n) is 6.29. The van der Waals surface area contributed by atoms with Crippen LogP contribution < -0.4 is 10.9 Å². The number of carbonyl (C=O) groups excluding carboxylic acids is 1. The van der Waals surface area contributed by atoms with Crippen molar-refractivity contribution in [1.82, 2.24) is 30.2 Å². The third kappa shape index (κ3) is 6.37. The summed E-state index contributed by atoms with van der Waals surface area (Å²) in [7, 11) is -10.4. The van der Waals surface area contributed by atoms with Crippen LogP contribution in [0.5, 0.6) is 0 Å². The van der Waals surface area contributed by atoms with Crippen molar-refractivity contribution in [3.63, 3.8) is 0 Å². The first kappa shape index (κ1) is 23.9. The summed E-state index contributed by atoms with van der Waals surface area (Å²) >= 11 is 0. The zero-order chi connectivity index (χ0) is 24.6. The number of aromatic nitrogens is 5. The Hall–Kier alpha value is -3.76. The van der Waals surface area contributed by atoms with E-state index in [2.05, 4.69) is 30.9 Å². The highest BCUT2D eigenvalue weighted by molar-refractivity contribution is 8.45. The van der Waals surface area contributed by atoms with E-state index >= 15 is 0 Å². The number of benzene rings is 1. The normalized spacial score (nSPS) is 14.5. The molecular formula is C16H11F8N7OS. The Morgan fingerprint density at radius 3 is 2.39 bits per heavy atom. The molecule has 0 fully saturated rings. The van der Waals surface area contributed by atoms with E-state index in [0.717, 1.165) is 23.3 Å². The maximum Gasteiger partial charge on any atom is 0.416 e. The van der Waals surface area contributed by atoms with Gasteiger partial charge >= 0.3 is 16.4 Å². The second-order valence-corrected chi connectivity index (χ2v) is 8.69. The summed E-state index contributed by atoms with van der Waals surface area (Å²) in [6, 6.07) is 0.799. The van der Waals surface area contributed by atoms with Gasteiger partial charge in [0.25, 0.3) is 5.91 Å². The predicted molar refractivity (Wildman–Crippen MR) is 101 cm³/mol. The zero-order valence-electron chi connectivity index (χ0n) is 15.8. The van der Waals surface area contributed by atoms with Crippen molar-refractivity contribution in [2.75, 3.05) is 5.43 Å². The Kier molecular flexibility index (Phi) is 5.35. The Bertz CT molecular complexity index is 1210. The van der Waals surface area contributed by atoms with Crippen LogP contribution in [-0.4, -0.2) is 30.6 Å². The molecule has 0 bridgehead atoms. The summed E-state index contributed by atoms with van der Waals surface area (Å²) in [4.78, 5) is 20.0. The highest BCUT2D eigenvalue weighted by atomic mass is 32.5. The van der Waals surface area contributed by atoms with Gasteiger partial charge < -0.3 is 0 Å². The van der Waals surface area contributed by atoms with Crippen molar-refractivity contribution >= 4 is 28.1 Å². The average molecular weight is 501 g/mol. The minimum atomic E-state index is -10.4. The molecule has 2 N–H and O–H groups in total. The molecule has 0 aliphatic carbocycles. The van der Waals surface area contributed by atoms with E-state index in [0.29, 0.717) is 0 Å². The first-order valence-electron chi connectivity index (χ1n) is 8.39. The highest BCUT2D eigenvalue weighted by Crippen LogP contribution is 3.02. The average Bonchev–Trinajstić information content (AvgIpc) is 3.18. The maximum atomic E-state index is 13.1. The van der Waals surface area contributed by atoms with Crippen LogP contribution >= 0.6 is 10.2 Å². The molecule has 33 heavy (non-hydrogen) atoms. The minimum absolute atomic E-state index is 0.168. The number of carbonyl (C=O) groups is 1. The Labute approximate surface area is 179 Å². The van der Waals surface area contributed by atoms with Gasteiger partial charge in [-0.1, -0.05) is 19.4 Å². The number of nitrogens with zero attached hydrogens (tertiary/aromatic N) is 5. The van der Waals surface area contributed by atoms with Crippen LogP contribution in [0.25, 0.3) is 17.6 Å². The molecule has 8 nitrogen and oxygen atoms in total. The molecule has 1 aromatic carbocycles. The fourth-order valence-corrected chi connectivity index (χ4v) is 2.97. The third-order valence-electron chi connectivity index (χ3n) is 3.72. The molecule has 0 unspecified atom stereocenters. The van der Waals surface area contributed by atoms with Crippen molar-refractivity contribution in [1.29, 1.82) is 0 Å². The molecule has 1 amide bonds. The van der Waals surface area contributed by atoms with Crippen LogP contribution in [0.2, 0.25) is 0 Å². The van der Waals surface area contributed by atoms with Gasteiger partial charge in [-0.05, 0) is 18.2 Å². The van der Waals surface area contributed by atoms with Crippen LogP contribution in [0.1, 0.15) is 5.56 Å². The predicted octanol–water partition coefficient (Wildman–Crippen LogP) is 5.03. The van der Waals surface area contributed by atoms with E-state index in [4.69, 9.17) is 0 Å². The number of anilines is 1. The summed E-state index contributed by atoms with van der Waals surface area (Å²) in [6.07, 6.45) is -0.0478. The lowest BCUT2D eigenvalue weighted by molar-refractivity contribution is -0.137. The van der Waals surface area contributed by atoms with Crippen LogP contribution in [0, 0.1) is 0 Å². The fraction of sp³-hybridized carbons (Fsp3) is 0.0625. The Morgan fingerprint density at radius 1 is 1.06 bits per heavy atom. The lowest BCUT2D eigenvalue weighted by atomic mass is 10.1. The summed E-state index contributed by atoms with van der Waals surface area (Å²) in [5.74, 6) is -1.21. The monoisotopic (exact) mass is 501 g/mol. The number of rotatable bonds is 6. The number of hydrazine groups is 1. The minimum Gasteiger partial charge on any atom is -0.282 e. The van der Waals surface area contributed by atoms with Crippen LogP contribution in [-0.2, 0) is 11.0 Å². The van der Waals surface area contributed by atoms with Crippen molar-refractivity contribution < 1.29 is 37.4 Å². The van der Waals surface area contributed by atoms with Crippen molar-refractivity contribution in [2.45, 2.75) is 11.1 Å². The van der Waals surface area contributed by atoms with E-state index in [1.54, 1.807) is 0 Å². The van der Waals surface area contributed by atoms with Crippen LogP contribution in [0.3, 0.4) is 0 Å². The van der Waals surface area contributed by atoms with E-state index < -0.39 is 50.2 Å². The molecule has 0 saturated heterocycles. The van der Waals surface area contributed by atoms with Gasteiger partial charge in [-0.3, -0.25) is 15.6 Å². The summed E-state index contributed by atoms with van der Waals surface area (Å²) in [6.45, 7) is 0. The lowest BCUT2D eigenvalue weighted by Gasteiger charge is -2.40. The second kappa shape index (κ2) is 7.39. The van der Waals surface area contributed by atoms with E-state index in [1.807, 2.05) is 0 Å². The van der Waals surface area contributed by atoms with E-state index in [9.17, 15) is 37.4 Å². The first-order chi connectivity index (χ1) is 15.0. The van der Waals surface area contributed by atoms with Gasteiger partial charge in [0.05, 0.1) is 5.56 Å². The van der Waals surface area contributed by atoms with Crippen LogP contribution in [0.4, 0.5) is 38.4 Å². The number of halogens is 8. The number of amides is 1. The smallest absolute Gasteiger partial charge is 0.282 e. The molecule has 0 saturated carbocycles. The third-order valence-corrected chi connectivity index (χ3v) is 4.85. The molecule has 0 aliphatic heterocycles. The Morgan fingerprint density at radius 2 is 1.79 bits per heavy atom. The van der Waals surface area contributed by atoms with Gasteiger partial charge in [0, 0.05) is 30.1 Å². The maximum absolute atomic E-state index is 13.1. The van der Waals surface area contributed by atoms with Gasteiger partial charge in [0.15, 0.2) is 5.82 Å². The van der Waals surface area contributed by atoms with E-state index in [-0.39, 0.29) is 18.0 Å². The SMILES string of the molecule is O=C(/C=C\n1cnc(-c2cc(C(F)(F)F)cc(S(F)(F)(F)(F)F)c2)n1)NNc1ccncn1. The molecule has 17 heteroatoms. The molecule has 0 atom stereocenters. The molecule has 2 aromatic heterocycles. The van der Waals surface area contributed by atoms with Gasteiger partial charge in [0.2, 0.25) is 0 Å². The summed E-state index contributed by atoms with van der Waals surface area (Å²) in [5, 5.41) is 3.59. The van der Waals surface area contributed by atoms with Gasteiger partial charge in [-0.25, -0.2) is 19.6 Å². The van der Waals surface area contributed by atoms with Crippen molar-refractivity contribution in [3.8, 4) is 11.4 Å². The number of alkyl halides is 3. The van der Waals surface area contributed by atoms with Gasteiger partial charge in [-0.15, -0.1) is 5.10 Å². The van der Waals surface area contributed by atoms with Gasteiger partial charge in [0.1, 0.15) is 23.4 Å². The standard InChI is InChI=1S/C16H11F8N7OS/c17-16(18,19)11-5-10(6-12(7-11)33(20,21,22,23)24)15-27-9-31(30-15)4-2-14(32)29-28-13-1-3-25-8-26-13/h1-9H,(H,29,32)(H,25,26,28)/b4-2-. The lowest BCUT2D eigenvalue weighted by Crippen LogP contribution is -2.28. The molecule has 2 heterocycles. The highest BCUT2D eigenvalue weighted by Gasteiger charge is 2.66. The topological polar surface area (TPSA) is 97.6 Å². The number of hydrogen-bond donors (Lipinski definition) is 2. The molecule has 0 aliphatic rings. The fourth-order valence-electron chi connectivity index (χ4n) is 2.27. The Balaban J connectivity index is 1.84. The molecule has 0 radical (unpaired) electrons. The number of hydrogen-bond acceptors (Lipinski definition) is 6. The summed E-state index contributed by atoms with van der Waals surface area (Å²) in [5.41, 5.74) is 1.74. The van der Waals surface area contributed by atoms with Crippen molar-refractivity contribution in [3.05, 3.63) is 54.8 Å². The molecule has 178 valence electrons. The molecule has 3 aromatic rings. The summed E-state index contributed by atoms with van der Waals surface area (Å²) < 4.78 is 105. The van der Waals surface area contributed by atoms with E-state index in [1.165, 1.54) is 18.6 Å². The van der Waals surface area contributed by atoms with Crippen molar-refractivity contribution in [2.24, 2.45) is 0 Å². The first-order valence-corrected chi connectivity index (χ1v) is 10.3. The van der Waals surface area contributed by atoms with Crippen LogP contribution in [0.15, 0.2) is 54.1 Å². The molecular weight excluding hydrogens is 490 g/mol. The van der Waals surface area contributed by atoms with Gasteiger partial charge in [-0.2, -0.15) is 13.2 Å². The largest absolute Gasteiger partial charge is 0.416 e. The molecule has 0 spiro atoms. The number of nitrogens with one attached hydrogen (secondary N) is 2. The molecule has 3 rings (SSSR count).